The van der Waals surface area contributed by atoms with Crippen LogP contribution in [0.3, 0.4) is 0 Å². The van der Waals surface area contributed by atoms with Crippen LogP contribution in [0.4, 0.5) is 0 Å². The zero-order valence-corrected chi connectivity index (χ0v) is 18.0. The Balaban J connectivity index is 2.13. The van der Waals surface area contributed by atoms with Gasteiger partial charge in [-0.05, 0) is 35.9 Å². The molecule has 0 saturated carbocycles. The number of methoxy groups -OCH3 is 4. The highest BCUT2D eigenvalue weighted by atomic mass is 31.2. The third kappa shape index (κ3) is 4.37. The third-order valence-corrected chi connectivity index (χ3v) is 4.77. The third-order valence-electron chi connectivity index (χ3n) is 4.25. The molecule has 0 aliphatic heterocycles. The molecule has 1 atom stereocenters. The summed E-state index contributed by atoms with van der Waals surface area (Å²) in [6, 6.07) is 8.35. The summed E-state index contributed by atoms with van der Waals surface area (Å²) < 4.78 is 43.3. The number of hydrogen-bond donors (Lipinski definition) is 0. The topological polar surface area (TPSA) is 112 Å². The van der Waals surface area contributed by atoms with E-state index in [2.05, 4.69) is 5.16 Å². The Bertz CT molecular complexity index is 1060. The van der Waals surface area contributed by atoms with Crippen molar-refractivity contribution in [3.8, 4) is 51.1 Å². The van der Waals surface area contributed by atoms with Gasteiger partial charge in [0.05, 0.1) is 28.4 Å². The number of aromatic nitrogens is 1. The Hall–Kier alpha value is -3.16. The van der Waals surface area contributed by atoms with E-state index in [1.165, 1.54) is 40.8 Å². The lowest BCUT2D eigenvalue weighted by Gasteiger charge is -2.21. The number of rotatable bonds is 8. The zero-order chi connectivity index (χ0) is 21.9. The second-order valence-electron chi connectivity index (χ2n) is 6.22. The van der Waals surface area contributed by atoms with Crippen LogP contribution in [-0.2, 0) is 4.57 Å². The van der Waals surface area contributed by atoms with Gasteiger partial charge in [0.15, 0.2) is 30.6 Å². The van der Waals surface area contributed by atoms with Crippen molar-refractivity contribution in [1.82, 2.24) is 5.16 Å². The van der Waals surface area contributed by atoms with Gasteiger partial charge in [-0.15, -0.1) is 0 Å². The summed E-state index contributed by atoms with van der Waals surface area (Å²) in [7, 11) is 1.94. The van der Waals surface area contributed by atoms with Crippen molar-refractivity contribution < 1.29 is 37.5 Å². The van der Waals surface area contributed by atoms with E-state index in [9.17, 15) is 9.46 Å². The SMILES string of the molecule is COc1ccc(-c2nocc2-c2cc(OC)c(OC)c(OC)c2)cc1OP(C)(=O)[O-]. The lowest BCUT2D eigenvalue weighted by atomic mass is 10.0. The molecule has 3 aromatic rings. The fourth-order valence-electron chi connectivity index (χ4n) is 2.96. The fraction of sp³-hybridized carbons (Fsp3) is 0.250. The maximum Gasteiger partial charge on any atom is 0.203 e. The van der Waals surface area contributed by atoms with Crippen molar-refractivity contribution in [1.29, 1.82) is 0 Å². The van der Waals surface area contributed by atoms with Crippen LogP contribution in [0.15, 0.2) is 41.1 Å². The minimum Gasteiger partial charge on any atom is -0.769 e. The molecule has 30 heavy (non-hydrogen) atoms. The van der Waals surface area contributed by atoms with E-state index >= 15 is 0 Å². The van der Waals surface area contributed by atoms with E-state index in [0.717, 1.165) is 6.66 Å². The summed E-state index contributed by atoms with van der Waals surface area (Å²) in [6.07, 6.45) is 1.47. The first-order valence-electron chi connectivity index (χ1n) is 8.72. The van der Waals surface area contributed by atoms with Gasteiger partial charge in [-0.2, -0.15) is 0 Å². The molecule has 0 bridgehead atoms. The van der Waals surface area contributed by atoms with E-state index in [1.54, 1.807) is 24.3 Å². The molecular formula is C20H21NO8P-. The minimum absolute atomic E-state index is 0.0506. The lowest BCUT2D eigenvalue weighted by Crippen LogP contribution is -2.06. The van der Waals surface area contributed by atoms with Crippen molar-refractivity contribution in [3.63, 3.8) is 0 Å². The summed E-state index contributed by atoms with van der Waals surface area (Å²) in [5, 5.41) is 4.08. The van der Waals surface area contributed by atoms with Crippen molar-refractivity contribution in [2.45, 2.75) is 0 Å². The van der Waals surface area contributed by atoms with Gasteiger partial charge in [-0.3, -0.25) is 4.57 Å². The molecule has 0 aliphatic rings. The van der Waals surface area contributed by atoms with Crippen LogP contribution < -0.4 is 28.4 Å². The van der Waals surface area contributed by atoms with Crippen molar-refractivity contribution in [2.75, 3.05) is 35.1 Å². The summed E-state index contributed by atoms with van der Waals surface area (Å²) in [6.45, 7) is 0.983. The van der Waals surface area contributed by atoms with Crippen molar-refractivity contribution in [3.05, 3.63) is 36.6 Å². The average molecular weight is 434 g/mol. The smallest absolute Gasteiger partial charge is 0.203 e. The van der Waals surface area contributed by atoms with Crippen molar-refractivity contribution in [2.24, 2.45) is 0 Å². The molecular weight excluding hydrogens is 413 g/mol. The summed E-state index contributed by atoms with van der Waals surface area (Å²) >= 11 is 0. The molecule has 9 nitrogen and oxygen atoms in total. The molecule has 160 valence electrons. The first-order valence-corrected chi connectivity index (χ1v) is 10.7. The second kappa shape index (κ2) is 8.69. The Morgan fingerprint density at radius 3 is 2.00 bits per heavy atom. The molecule has 0 aliphatic carbocycles. The molecule has 10 heteroatoms. The predicted molar refractivity (Wildman–Crippen MR) is 108 cm³/mol. The minimum atomic E-state index is -4.05. The molecule has 1 aromatic heterocycles. The van der Waals surface area contributed by atoms with Crippen LogP contribution in [0.2, 0.25) is 0 Å². The molecule has 3 rings (SSSR count). The molecule has 0 saturated heterocycles. The highest BCUT2D eigenvalue weighted by molar-refractivity contribution is 7.50. The van der Waals surface area contributed by atoms with E-state index in [4.69, 9.17) is 28.0 Å². The lowest BCUT2D eigenvalue weighted by molar-refractivity contribution is -0.189. The Morgan fingerprint density at radius 2 is 1.47 bits per heavy atom. The van der Waals surface area contributed by atoms with Crippen molar-refractivity contribution >= 4 is 7.60 Å². The molecule has 1 heterocycles. The maximum absolute atomic E-state index is 11.6. The van der Waals surface area contributed by atoms with E-state index in [1.807, 2.05) is 0 Å². The van der Waals surface area contributed by atoms with E-state index < -0.39 is 7.60 Å². The van der Waals surface area contributed by atoms with Gasteiger partial charge in [-0.25, -0.2) is 0 Å². The highest BCUT2D eigenvalue weighted by Gasteiger charge is 2.20. The number of nitrogens with zero attached hydrogens (tertiary/aromatic N) is 1. The Kier molecular flexibility index (Phi) is 6.24. The quantitative estimate of drug-likeness (QED) is 0.491. The van der Waals surface area contributed by atoms with E-state index in [-0.39, 0.29) is 11.5 Å². The normalized spacial score (nSPS) is 12.7. The second-order valence-corrected chi connectivity index (χ2v) is 7.94. The highest BCUT2D eigenvalue weighted by Crippen LogP contribution is 2.45. The molecule has 0 N–H and O–H groups in total. The van der Waals surface area contributed by atoms with Gasteiger partial charge in [-0.1, -0.05) is 5.16 Å². The Labute approximate surface area is 173 Å². The van der Waals surface area contributed by atoms with Gasteiger partial charge in [0.2, 0.25) is 5.75 Å². The van der Waals surface area contributed by atoms with Gasteiger partial charge >= 0.3 is 0 Å². The largest absolute Gasteiger partial charge is 0.769 e. The maximum atomic E-state index is 11.6. The summed E-state index contributed by atoms with van der Waals surface area (Å²) in [4.78, 5) is 11.6. The number of benzene rings is 2. The molecule has 2 aromatic carbocycles. The number of hydrogen-bond acceptors (Lipinski definition) is 9. The monoisotopic (exact) mass is 434 g/mol. The van der Waals surface area contributed by atoms with Crippen LogP contribution in [0.5, 0.6) is 28.7 Å². The van der Waals surface area contributed by atoms with E-state index in [0.29, 0.717) is 39.6 Å². The summed E-state index contributed by atoms with van der Waals surface area (Å²) in [5.41, 5.74) is 2.36. The molecule has 0 amide bonds. The summed E-state index contributed by atoms with van der Waals surface area (Å²) in [5.74, 6) is 1.72. The predicted octanol–water partition coefficient (Wildman–Crippen LogP) is 3.61. The van der Waals surface area contributed by atoms with Crippen LogP contribution in [-0.4, -0.2) is 40.3 Å². The molecule has 1 unspecified atom stereocenters. The van der Waals surface area contributed by atoms with Crippen LogP contribution >= 0.6 is 7.60 Å². The standard InChI is InChI=1S/C20H22NO8P/c1-24-15-7-6-12(8-16(15)29-30(5,22)23)19-14(11-28-21-19)13-9-17(25-2)20(27-4)18(10-13)26-3/h6-11H,1-5H3,(H,22,23)/p-1. The van der Waals surface area contributed by atoms with Gasteiger partial charge in [0, 0.05) is 17.8 Å². The van der Waals surface area contributed by atoms with Gasteiger partial charge < -0.3 is 32.9 Å². The fourth-order valence-corrected chi connectivity index (χ4v) is 3.46. The first kappa shape index (κ1) is 21.5. The number of ether oxygens (including phenoxy) is 4. The Morgan fingerprint density at radius 1 is 0.867 bits per heavy atom. The zero-order valence-electron chi connectivity index (χ0n) is 17.1. The molecule has 0 radical (unpaired) electrons. The van der Waals surface area contributed by atoms with Crippen LogP contribution in [0, 0.1) is 0 Å². The van der Waals surface area contributed by atoms with Gasteiger partial charge in [0.25, 0.3) is 0 Å². The van der Waals surface area contributed by atoms with Crippen LogP contribution in [0.25, 0.3) is 22.4 Å². The van der Waals surface area contributed by atoms with Crippen LogP contribution in [0.1, 0.15) is 0 Å². The van der Waals surface area contributed by atoms with Gasteiger partial charge in [0.1, 0.15) is 12.0 Å². The molecule has 0 fully saturated rings. The average Bonchev–Trinajstić information content (AvgIpc) is 3.21. The molecule has 0 spiro atoms. The first-order chi connectivity index (χ1) is 14.3.